The largest absolute Gasteiger partial charge is 0.489 e. The van der Waals surface area contributed by atoms with E-state index < -0.39 is 5.82 Å². The van der Waals surface area contributed by atoms with Gasteiger partial charge in [-0.1, -0.05) is 11.6 Å². The van der Waals surface area contributed by atoms with Crippen LogP contribution in [0.1, 0.15) is 18.4 Å². The van der Waals surface area contributed by atoms with Gasteiger partial charge >= 0.3 is 0 Å². The molecule has 0 aromatic heterocycles. The van der Waals surface area contributed by atoms with Gasteiger partial charge in [0.25, 0.3) is 0 Å². The average molecular weight is 260 g/mol. The Labute approximate surface area is 105 Å². The molecule has 0 aliphatic carbocycles. The molecule has 0 radical (unpaired) electrons. The second kappa shape index (κ2) is 5.56. The number of rotatable bonds is 3. The lowest BCUT2D eigenvalue weighted by Crippen LogP contribution is -2.05. The number of benzene rings is 1. The summed E-state index contributed by atoms with van der Waals surface area (Å²) in [7, 11) is 0. The summed E-state index contributed by atoms with van der Waals surface area (Å²) < 4.78 is 25.0. The van der Waals surface area contributed by atoms with Crippen molar-refractivity contribution in [3.05, 3.63) is 22.5 Å². The molecule has 5 heteroatoms. The first-order valence-corrected chi connectivity index (χ1v) is 6.08. The highest BCUT2D eigenvalue weighted by atomic mass is 35.5. The molecule has 1 aliphatic rings. The number of fused-ring (bicyclic) bond motifs is 1. The number of hydrogen-bond acceptors (Lipinski definition) is 3. The second-order valence-corrected chi connectivity index (χ2v) is 4.33. The van der Waals surface area contributed by atoms with Crippen molar-refractivity contribution in [3.8, 4) is 11.5 Å². The zero-order valence-corrected chi connectivity index (χ0v) is 10.2. The average Bonchev–Trinajstić information content (AvgIpc) is 2.55. The lowest BCUT2D eigenvalue weighted by Gasteiger charge is -2.14. The van der Waals surface area contributed by atoms with Crippen LogP contribution in [0.25, 0.3) is 0 Å². The van der Waals surface area contributed by atoms with E-state index in [2.05, 4.69) is 0 Å². The molecule has 0 fully saturated rings. The standard InChI is InChI=1S/C12H15ClFNO2/c13-9-7-10-12(17-6-2-5-16-10)8(11(9)14)3-1-4-15/h7H,1-6,15H2. The van der Waals surface area contributed by atoms with E-state index in [1.807, 2.05) is 0 Å². The minimum atomic E-state index is -0.427. The number of halogens is 2. The van der Waals surface area contributed by atoms with E-state index in [4.69, 9.17) is 26.8 Å². The predicted molar refractivity (Wildman–Crippen MR) is 64.4 cm³/mol. The Morgan fingerprint density at radius 2 is 2.12 bits per heavy atom. The van der Waals surface area contributed by atoms with Crippen LogP contribution in [-0.2, 0) is 6.42 Å². The molecule has 1 aromatic rings. The number of ether oxygens (including phenoxy) is 2. The van der Waals surface area contributed by atoms with Crippen LogP contribution in [0, 0.1) is 5.82 Å². The van der Waals surface area contributed by atoms with Crippen LogP contribution < -0.4 is 15.2 Å². The highest BCUT2D eigenvalue weighted by Crippen LogP contribution is 2.39. The van der Waals surface area contributed by atoms with Gasteiger partial charge in [0, 0.05) is 18.1 Å². The predicted octanol–water partition coefficient (Wildman–Crippen LogP) is 2.53. The van der Waals surface area contributed by atoms with E-state index in [0.717, 1.165) is 6.42 Å². The monoisotopic (exact) mass is 259 g/mol. The summed E-state index contributed by atoms with van der Waals surface area (Å²) in [6.45, 7) is 1.59. The molecule has 0 amide bonds. The summed E-state index contributed by atoms with van der Waals surface area (Å²) in [5.74, 6) is 0.586. The second-order valence-electron chi connectivity index (χ2n) is 3.92. The van der Waals surface area contributed by atoms with Crippen LogP contribution >= 0.6 is 11.6 Å². The maximum atomic E-state index is 13.9. The van der Waals surface area contributed by atoms with Crippen LogP contribution in [-0.4, -0.2) is 19.8 Å². The molecule has 2 rings (SSSR count). The van der Waals surface area contributed by atoms with Gasteiger partial charge in [0.05, 0.1) is 18.2 Å². The zero-order valence-electron chi connectivity index (χ0n) is 9.47. The molecular weight excluding hydrogens is 245 g/mol. The SMILES string of the molecule is NCCCc1c(F)c(Cl)cc2c1OCCCO2. The van der Waals surface area contributed by atoms with Gasteiger partial charge in [-0.25, -0.2) is 4.39 Å². The maximum absolute atomic E-state index is 13.9. The third-order valence-electron chi connectivity index (χ3n) is 2.65. The first-order chi connectivity index (χ1) is 8.24. The molecule has 0 spiro atoms. The minimum Gasteiger partial charge on any atom is -0.489 e. The van der Waals surface area contributed by atoms with Gasteiger partial charge in [0.1, 0.15) is 5.82 Å². The van der Waals surface area contributed by atoms with Gasteiger partial charge in [-0.2, -0.15) is 0 Å². The third-order valence-corrected chi connectivity index (χ3v) is 2.93. The van der Waals surface area contributed by atoms with Crippen LogP contribution in [0.4, 0.5) is 4.39 Å². The number of nitrogens with two attached hydrogens (primary N) is 1. The van der Waals surface area contributed by atoms with Crippen molar-refractivity contribution in [2.45, 2.75) is 19.3 Å². The Morgan fingerprint density at radius 3 is 2.88 bits per heavy atom. The Hall–Kier alpha value is -1.00. The summed E-state index contributed by atoms with van der Waals surface area (Å²) >= 11 is 5.84. The topological polar surface area (TPSA) is 44.5 Å². The molecular formula is C12H15ClFNO2. The summed E-state index contributed by atoms with van der Waals surface area (Å²) in [5.41, 5.74) is 5.92. The Morgan fingerprint density at radius 1 is 1.35 bits per heavy atom. The molecule has 2 N–H and O–H groups in total. The first kappa shape index (κ1) is 12.5. The van der Waals surface area contributed by atoms with Gasteiger partial charge in [0.15, 0.2) is 11.5 Å². The van der Waals surface area contributed by atoms with Gasteiger partial charge < -0.3 is 15.2 Å². The van der Waals surface area contributed by atoms with Crippen molar-refractivity contribution in [2.75, 3.05) is 19.8 Å². The van der Waals surface area contributed by atoms with E-state index >= 15 is 0 Å². The van der Waals surface area contributed by atoms with Gasteiger partial charge in [-0.15, -0.1) is 0 Å². The summed E-state index contributed by atoms with van der Waals surface area (Å²) in [6, 6.07) is 1.48. The van der Waals surface area contributed by atoms with Gasteiger partial charge in [-0.05, 0) is 19.4 Å². The smallest absolute Gasteiger partial charge is 0.167 e. The van der Waals surface area contributed by atoms with Crippen molar-refractivity contribution < 1.29 is 13.9 Å². The van der Waals surface area contributed by atoms with Crippen molar-refractivity contribution in [1.82, 2.24) is 0 Å². The minimum absolute atomic E-state index is 0.0706. The van der Waals surface area contributed by atoms with Gasteiger partial charge in [0.2, 0.25) is 0 Å². The molecule has 0 bridgehead atoms. The van der Waals surface area contributed by atoms with E-state index in [1.54, 1.807) is 0 Å². The zero-order chi connectivity index (χ0) is 12.3. The summed E-state index contributed by atoms with van der Waals surface area (Å²) in [5, 5.41) is 0.0706. The summed E-state index contributed by atoms with van der Waals surface area (Å²) in [6.07, 6.45) is 1.98. The molecule has 0 atom stereocenters. The Kier molecular flexibility index (Phi) is 4.07. The molecule has 1 heterocycles. The fourth-order valence-corrected chi connectivity index (χ4v) is 2.03. The highest BCUT2D eigenvalue weighted by Gasteiger charge is 2.21. The summed E-state index contributed by atoms with van der Waals surface area (Å²) in [4.78, 5) is 0. The van der Waals surface area contributed by atoms with E-state index in [1.165, 1.54) is 6.07 Å². The maximum Gasteiger partial charge on any atom is 0.167 e. The van der Waals surface area contributed by atoms with Crippen LogP contribution in [0.5, 0.6) is 11.5 Å². The lowest BCUT2D eigenvalue weighted by atomic mass is 10.1. The van der Waals surface area contributed by atoms with Crippen LogP contribution in [0.3, 0.4) is 0 Å². The van der Waals surface area contributed by atoms with E-state index in [9.17, 15) is 4.39 Å². The molecule has 1 aromatic carbocycles. The third kappa shape index (κ3) is 2.64. The van der Waals surface area contributed by atoms with Crippen molar-refractivity contribution in [3.63, 3.8) is 0 Å². The van der Waals surface area contributed by atoms with Crippen molar-refractivity contribution >= 4 is 11.6 Å². The quantitative estimate of drug-likeness (QED) is 0.907. The normalized spacial score (nSPS) is 14.5. The molecule has 0 unspecified atom stereocenters. The fourth-order valence-electron chi connectivity index (χ4n) is 1.82. The van der Waals surface area contributed by atoms with Crippen molar-refractivity contribution in [1.29, 1.82) is 0 Å². The van der Waals surface area contributed by atoms with Gasteiger partial charge in [-0.3, -0.25) is 0 Å². The Bertz CT molecular complexity index is 412. The molecule has 17 heavy (non-hydrogen) atoms. The first-order valence-electron chi connectivity index (χ1n) is 5.70. The molecule has 1 aliphatic heterocycles. The highest BCUT2D eigenvalue weighted by molar-refractivity contribution is 6.31. The molecule has 94 valence electrons. The van der Waals surface area contributed by atoms with Crippen LogP contribution in [0.15, 0.2) is 6.07 Å². The van der Waals surface area contributed by atoms with E-state index in [0.29, 0.717) is 49.7 Å². The van der Waals surface area contributed by atoms with Crippen molar-refractivity contribution in [2.24, 2.45) is 5.73 Å². The fraction of sp³-hybridized carbons (Fsp3) is 0.500. The Balaban J connectivity index is 2.42. The molecule has 3 nitrogen and oxygen atoms in total. The van der Waals surface area contributed by atoms with E-state index in [-0.39, 0.29) is 5.02 Å². The molecule has 0 saturated carbocycles. The number of hydrogen-bond donors (Lipinski definition) is 1. The lowest BCUT2D eigenvalue weighted by molar-refractivity contribution is 0.295. The molecule has 0 saturated heterocycles. The van der Waals surface area contributed by atoms with Crippen LogP contribution in [0.2, 0.25) is 5.02 Å².